The van der Waals surface area contributed by atoms with Crippen LogP contribution in [0.2, 0.25) is 0 Å². The van der Waals surface area contributed by atoms with Gasteiger partial charge in [-0.15, -0.1) is 6.58 Å². The van der Waals surface area contributed by atoms with E-state index in [9.17, 15) is 5.11 Å². The van der Waals surface area contributed by atoms with E-state index in [4.69, 9.17) is 0 Å². The molecule has 3 aliphatic carbocycles. The molecule has 3 fully saturated rings. The molecule has 0 spiro atoms. The summed E-state index contributed by atoms with van der Waals surface area (Å²) in [4.78, 5) is 4.42. The summed E-state index contributed by atoms with van der Waals surface area (Å²) in [6, 6.07) is 10.1. The molecule has 2 bridgehead atoms. The van der Waals surface area contributed by atoms with Crippen LogP contribution < -0.4 is 0 Å². The van der Waals surface area contributed by atoms with Gasteiger partial charge in [-0.3, -0.25) is 4.98 Å². The van der Waals surface area contributed by atoms with Gasteiger partial charge in [-0.05, 0) is 67.1 Å². The first-order valence-electron chi connectivity index (χ1n) is 8.42. The highest BCUT2D eigenvalue weighted by Crippen LogP contribution is 2.52. The van der Waals surface area contributed by atoms with Crippen molar-refractivity contribution < 1.29 is 5.11 Å². The molecule has 0 aliphatic heterocycles. The Morgan fingerprint density at radius 3 is 2.73 bits per heavy atom. The van der Waals surface area contributed by atoms with Crippen LogP contribution in [0.25, 0.3) is 10.9 Å². The van der Waals surface area contributed by atoms with E-state index in [-0.39, 0.29) is 6.10 Å². The summed E-state index contributed by atoms with van der Waals surface area (Å²) in [6.07, 6.45) is 8.52. The van der Waals surface area contributed by atoms with Crippen LogP contribution in [0.15, 0.2) is 49.2 Å². The Labute approximate surface area is 131 Å². The molecule has 1 N–H and O–H groups in total. The fourth-order valence-corrected chi connectivity index (χ4v) is 4.81. The van der Waals surface area contributed by atoms with Gasteiger partial charge in [0, 0.05) is 11.6 Å². The lowest BCUT2D eigenvalue weighted by molar-refractivity contribution is -0.0217. The van der Waals surface area contributed by atoms with Gasteiger partial charge in [0.2, 0.25) is 0 Å². The number of fused-ring (bicyclic) bond motifs is 4. The predicted octanol–water partition coefficient (Wildman–Crippen LogP) is 4.51. The standard InChI is InChI=1S/C20H23NO/c1-2-13-11-15-8-7-14(13)12-18(15)20(22)17-9-10-21-19-6-4-3-5-16(17)19/h2-6,9-10,13-15,18,20,22H,1,7-8,11-12H2/t13?,14?,15-,18-,20-/m1/s1. The predicted molar refractivity (Wildman–Crippen MR) is 89.3 cm³/mol. The van der Waals surface area contributed by atoms with Gasteiger partial charge < -0.3 is 5.11 Å². The van der Waals surface area contributed by atoms with Crippen LogP contribution in [0.3, 0.4) is 0 Å². The Balaban J connectivity index is 1.67. The first-order valence-corrected chi connectivity index (χ1v) is 8.42. The molecule has 3 saturated carbocycles. The quantitative estimate of drug-likeness (QED) is 0.845. The van der Waals surface area contributed by atoms with E-state index >= 15 is 0 Å². The molecule has 5 rings (SSSR count). The highest BCUT2D eigenvalue weighted by molar-refractivity contribution is 5.82. The number of rotatable bonds is 3. The second-order valence-corrected chi connectivity index (χ2v) is 6.99. The van der Waals surface area contributed by atoms with Gasteiger partial charge in [0.15, 0.2) is 0 Å². The third kappa shape index (κ3) is 2.17. The first-order chi connectivity index (χ1) is 10.8. The lowest BCUT2D eigenvalue weighted by Crippen LogP contribution is -2.39. The number of pyridine rings is 1. The van der Waals surface area contributed by atoms with Crippen molar-refractivity contribution in [1.29, 1.82) is 0 Å². The summed E-state index contributed by atoms with van der Waals surface area (Å²) < 4.78 is 0. The highest BCUT2D eigenvalue weighted by atomic mass is 16.3. The van der Waals surface area contributed by atoms with Crippen LogP contribution in [0.1, 0.15) is 37.4 Å². The molecule has 2 unspecified atom stereocenters. The lowest BCUT2D eigenvalue weighted by Gasteiger charge is -2.48. The minimum Gasteiger partial charge on any atom is -0.388 e. The smallest absolute Gasteiger partial charge is 0.0828 e. The largest absolute Gasteiger partial charge is 0.388 e. The van der Waals surface area contributed by atoms with E-state index in [0.717, 1.165) is 28.8 Å². The number of aliphatic hydroxyl groups excluding tert-OH is 1. The molecule has 22 heavy (non-hydrogen) atoms. The van der Waals surface area contributed by atoms with E-state index in [2.05, 4.69) is 23.7 Å². The van der Waals surface area contributed by atoms with Crippen molar-refractivity contribution in [3.8, 4) is 0 Å². The van der Waals surface area contributed by atoms with Crippen molar-refractivity contribution in [3.05, 3.63) is 54.7 Å². The van der Waals surface area contributed by atoms with Gasteiger partial charge in [-0.1, -0.05) is 24.3 Å². The molecule has 0 saturated heterocycles. The minimum absolute atomic E-state index is 0.369. The molecular weight excluding hydrogens is 270 g/mol. The van der Waals surface area contributed by atoms with Crippen LogP contribution in [0.5, 0.6) is 0 Å². The van der Waals surface area contributed by atoms with E-state index < -0.39 is 0 Å². The van der Waals surface area contributed by atoms with E-state index in [0.29, 0.717) is 17.8 Å². The monoisotopic (exact) mass is 293 g/mol. The lowest BCUT2D eigenvalue weighted by atomic mass is 9.58. The fraction of sp³-hybridized carbons (Fsp3) is 0.450. The maximum absolute atomic E-state index is 11.1. The van der Waals surface area contributed by atoms with Crippen LogP contribution in [0.4, 0.5) is 0 Å². The number of hydrogen-bond donors (Lipinski definition) is 1. The van der Waals surface area contributed by atoms with Crippen LogP contribution in [-0.4, -0.2) is 10.1 Å². The molecular formula is C20H23NO. The number of benzene rings is 1. The zero-order valence-electron chi connectivity index (χ0n) is 12.9. The Hall–Kier alpha value is -1.67. The van der Waals surface area contributed by atoms with Crippen molar-refractivity contribution in [2.24, 2.45) is 23.7 Å². The summed E-state index contributed by atoms with van der Waals surface area (Å²) in [5, 5.41) is 12.2. The summed E-state index contributed by atoms with van der Waals surface area (Å²) in [5.74, 6) is 2.40. The number of hydrogen-bond acceptors (Lipinski definition) is 2. The first kappa shape index (κ1) is 14.0. The zero-order chi connectivity index (χ0) is 15.1. The van der Waals surface area contributed by atoms with Crippen LogP contribution >= 0.6 is 0 Å². The number of aliphatic hydroxyl groups is 1. The van der Waals surface area contributed by atoms with Crippen molar-refractivity contribution in [2.75, 3.05) is 0 Å². The summed E-state index contributed by atoms with van der Waals surface area (Å²) in [6.45, 7) is 4.00. The zero-order valence-corrected chi connectivity index (χ0v) is 12.9. The van der Waals surface area contributed by atoms with Gasteiger partial charge in [-0.25, -0.2) is 0 Å². The van der Waals surface area contributed by atoms with E-state index in [1.165, 1.54) is 19.3 Å². The normalized spacial score (nSPS) is 32.0. The second-order valence-electron chi connectivity index (χ2n) is 6.99. The molecule has 1 heterocycles. The molecule has 0 radical (unpaired) electrons. The number of allylic oxidation sites excluding steroid dienone is 1. The maximum atomic E-state index is 11.1. The fourth-order valence-electron chi connectivity index (χ4n) is 4.81. The average Bonchev–Trinajstić information content (AvgIpc) is 2.60. The third-order valence-electron chi connectivity index (χ3n) is 5.98. The summed E-state index contributed by atoms with van der Waals surface area (Å²) in [5.41, 5.74) is 2.03. The van der Waals surface area contributed by atoms with Gasteiger partial charge >= 0.3 is 0 Å². The molecule has 1 aromatic heterocycles. The maximum Gasteiger partial charge on any atom is 0.0828 e. The Morgan fingerprint density at radius 1 is 1.14 bits per heavy atom. The Bertz CT molecular complexity index is 690. The molecule has 5 atom stereocenters. The number of nitrogens with zero attached hydrogens (tertiary/aromatic N) is 1. The SMILES string of the molecule is C=CC1C[C@H]2CCC1C[C@H]2[C@H](O)c1ccnc2ccccc12. The number of para-hydroxylation sites is 1. The third-order valence-corrected chi connectivity index (χ3v) is 5.98. The van der Waals surface area contributed by atoms with Gasteiger partial charge in [0.05, 0.1) is 11.6 Å². The average molecular weight is 293 g/mol. The highest BCUT2D eigenvalue weighted by Gasteiger charge is 2.43. The second kappa shape index (κ2) is 5.51. The molecule has 114 valence electrons. The topological polar surface area (TPSA) is 33.1 Å². The van der Waals surface area contributed by atoms with E-state index in [1.54, 1.807) is 0 Å². The van der Waals surface area contributed by atoms with Crippen molar-refractivity contribution in [3.63, 3.8) is 0 Å². The van der Waals surface area contributed by atoms with Crippen molar-refractivity contribution in [2.45, 2.75) is 31.8 Å². The molecule has 0 amide bonds. The Morgan fingerprint density at radius 2 is 1.95 bits per heavy atom. The molecule has 2 nitrogen and oxygen atoms in total. The molecule has 3 aliphatic rings. The molecule has 2 heteroatoms. The summed E-state index contributed by atoms with van der Waals surface area (Å²) in [7, 11) is 0. The molecule has 2 aromatic rings. The van der Waals surface area contributed by atoms with Crippen LogP contribution in [0, 0.1) is 23.7 Å². The number of aromatic nitrogens is 1. The van der Waals surface area contributed by atoms with E-state index in [1.807, 2.05) is 30.5 Å². The van der Waals surface area contributed by atoms with Crippen molar-refractivity contribution in [1.82, 2.24) is 4.98 Å². The van der Waals surface area contributed by atoms with Gasteiger partial charge in [0.25, 0.3) is 0 Å². The Kier molecular flexibility index (Phi) is 3.50. The van der Waals surface area contributed by atoms with Gasteiger partial charge in [0.1, 0.15) is 0 Å². The molecule has 1 aromatic carbocycles. The summed E-state index contributed by atoms with van der Waals surface area (Å²) >= 11 is 0. The minimum atomic E-state index is -0.369. The van der Waals surface area contributed by atoms with Crippen molar-refractivity contribution >= 4 is 10.9 Å². The van der Waals surface area contributed by atoms with Crippen LogP contribution in [-0.2, 0) is 0 Å². The van der Waals surface area contributed by atoms with Gasteiger partial charge in [-0.2, -0.15) is 0 Å².